The summed E-state index contributed by atoms with van der Waals surface area (Å²) in [5, 5.41) is 3.17. The minimum atomic E-state index is -1.08. The van der Waals surface area contributed by atoms with Crippen molar-refractivity contribution in [3.8, 4) is 11.5 Å². The van der Waals surface area contributed by atoms with Crippen molar-refractivity contribution < 1.29 is 19.1 Å². The minimum Gasteiger partial charge on any atom is -0.454 e. The molecule has 2 heterocycles. The van der Waals surface area contributed by atoms with Gasteiger partial charge in [0, 0.05) is 0 Å². The molecule has 3 amide bonds. The predicted molar refractivity (Wildman–Crippen MR) is 90.5 cm³/mol. The molecule has 0 aliphatic carbocycles. The van der Waals surface area contributed by atoms with Crippen LogP contribution in [0.15, 0.2) is 42.5 Å². The molecule has 4 rings (SSSR count). The third-order valence-corrected chi connectivity index (χ3v) is 4.73. The van der Waals surface area contributed by atoms with Crippen LogP contribution in [-0.4, -0.2) is 23.6 Å². The Kier molecular flexibility index (Phi) is 3.58. The van der Waals surface area contributed by atoms with Crippen LogP contribution in [0.1, 0.15) is 18.1 Å². The first-order valence-corrected chi connectivity index (χ1v) is 8.14. The molecule has 1 fully saturated rings. The van der Waals surface area contributed by atoms with Gasteiger partial charge in [0.15, 0.2) is 11.5 Å². The lowest BCUT2D eigenvalue weighted by Gasteiger charge is -2.22. The summed E-state index contributed by atoms with van der Waals surface area (Å²) in [4.78, 5) is 26.5. The Bertz CT molecular complexity index is 871. The molecule has 25 heavy (non-hydrogen) atoms. The molecule has 0 saturated carbocycles. The zero-order chi connectivity index (χ0) is 17.6. The number of hydrogen-bond donors (Lipinski definition) is 1. The van der Waals surface area contributed by atoms with Crippen molar-refractivity contribution >= 4 is 23.5 Å². The quantitative estimate of drug-likeness (QED) is 0.856. The molecular weight excluding hydrogens is 344 g/mol. The number of nitrogens with zero attached hydrogens (tertiary/aromatic N) is 1. The van der Waals surface area contributed by atoms with Crippen LogP contribution in [0.3, 0.4) is 0 Å². The summed E-state index contributed by atoms with van der Waals surface area (Å²) in [5.41, 5.74) is 0.341. The number of benzene rings is 2. The van der Waals surface area contributed by atoms with Gasteiger partial charge in [0.1, 0.15) is 5.54 Å². The summed E-state index contributed by atoms with van der Waals surface area (Å²) in [6, 6.07) is 12.1. The summed E-state index contributed by atoms with van der Waals surface area (Å²) in [5.74, 6) is 0.689. The summed E-state index contributed by atoms with van der Waals surface area (Å²) in [7, 11) is 0. The normalized spacial score (nSPS) is 21.6. The van der Waals surface area contributed by atoms with Crippen molar-refractivity contribution in [3.05, 3.63) is 58.6 Å². The summed E-state index contributed by atoms with van der Waals surface area (Å²) < 4.78 is 10.6. The van der Waals surface area contributed by atoms with Crippen LogP contribution in [-0.2, 0) is 16.9 Å². The standard InChI is InChI=1S/C18H15ClN2O4/c1-18(12-5-3-2-4-6-12)16(22)21(17(23)20-18)9-11-7-13(19)15-14(8-11)24-10-25-15/h2-8H,9-10H2,1H3,(H,20,23)/t18-/m1/s1. The van der Waals surface area contributed by atoms with E-state index in [1.54, 1.807) is 19.1 Å². The van der Waals surface area contributed by atoms with Crippen LogP contribution in [0.4, 0.5) is 4.79 Å². The van der Waals surface area contributed by atoms with Crippen molar-refractivity contribution in [3.63, 3.8) is 0 Å². The molecule has 0 radical (unpaired) electrons. The zero-order valence-corrected chi connectivity index (χ0v) is 14.2. The molecular formula is C18H15ClN2O4. The van der Waals surface area contributed by atoms with E-state index in [4.69, 9.17) is 21.1 Å². The number of rotatable bonds is 3. The van der Waals surface area contributed by atoms with Gasteiger partial charge in [-0.2, -0.15) is 0 Å². The Morgan fingerprint density at radius 1 is 1.20 bits per heavy atom. The molecule has 2 aliphatic rings. The van der Waals surface area contributed by atoms with Crippen LogP contribution in [0, 0.1) is 0 Å². The molecule has 0 aromatic heterocycles. The fourth-order valence-electron chi connectivity index (χ4n) is 3.10. The van der Waals surface area contributed by atoms with Crippen LogP contribution in [0.5, 0.6) is 11.5 Å². The zero-order valence-electron chi connectivity index (χ0n) is 13.4. The summed E-state index contributed by atoms with van der Waals surface area (Å²) >= 11 is 6.18. The van der Waals surface area contributed by atoms with E-state index < -0.39 is 11.6 Å². The number of imide groups is 1. The average Bonchev–Trinajstić information content (AvgIpc) is 3.16. The van der Waals surface area contributed by atoms with Crippen LogP contribution in [0.2, 0.25) is 5.02 Å². The molecule has 6 nitrogen and oxygen atoms in total. The van der Waals surface area contributed by atoms with Gasteiger partial charge in [-0.15, -0.1) is 0 Å². The molecule has 0 bridgehead atoms. The van der Waals surface area contributed by atoms with E-state index in [1.807, 2.05) is 30.3 Å². The van der Waals surface area contributed by atoms with E-state index >= 15 is 0 Å². The molecule has 1 saturated heterocycles. The van der Waals surface area contributed by atoms with E-state index in [2.05, 4.69) is 5.32 Å². The van der Waals surface area contributed by atoms with Gasteiger partial charge in [-0.05, 0) is 30.2 Å². The van der Waals surface area contributed by atoms with Gasteiger partial charge in [-0.1, -0.05) is 41.9 Å². The fraction of sp³-hybridized carbons (Fsp3) is 0.222. The highest BCUT2D eigenvalue weighted by Gasteiger charge is 2.48. The molecule has 7 heteroatoms. The molecule has 2 aromatic carbocycles. The highest BCUT2D eigenvalue weighted by molar-refractivity contribution is 6.32. The van der Waals surface area contributed by atoms with Crippen molar-refractivity contribution in [1.29, 1.82) is 0 Å². The fourth-order valence-corrected chi connectivity index (χ4v) is 3.39. The summed E-state index contributed by atoms with van der Waals surface area (Å²) in [6.45, 7) is 1.91. The molecule has 128 valence electrons. The maximum Gasteiger partial charge on any atom is 0.325 e. The maximum atomic E-state index is 12.9. The lowest BCUT2D eigenvalue weighted by Crippen LogP contribution is -2.40. The van der Waals surface area contributed by atoms with Gasteiger partial charge < -0.3 is 14.8 Å². The number of carbonyl (C=O) groups excluding carboxylic acids is 2. The van der Waals surface area contributed by atoms with Crippen molar-refractivity contribution in [2.45, 2.75) is 19.0 Å². The van der Waals surface area contributed by atoms with E-state index in [9.17, 15) is 9.59 Å². The maximum absolute atomic E-state index is 12.9. The van der Waals surface area contributed by atoms with Crippen molar-refractivity contribution in [1.82, 2.24) is 10.2 Å². The van der Waals surface area contributed by atoms with Gasteiger partial charge in [-0.25, -0.2) is 4.79 Å². The van der Waals surface area contributed by atoms with Crippen molar-refractivity contribution in [2.75, 3.05) is 6.79 Å². The second kappa shape index (κ2) is 5.67. The minimum absolute atomic E-state index is 0.101. The Labute approximate surface area is 149 Å². The van der Waals surface area contributed by atoms with Crippen LogP contribution >= 0.6 is 11.6 Å². The lowest BCUT2D eigenvalue weighted by atomic mass is 9.92. The third-order valence-electron chi connectivity index (χ3n) is 4.45. The van der Waals surface area contributed by atoms with Gasteiger partial charge in [0.25, 0.3) is 5.91 Å². The first kappa shape index (κ1) is 15.8. The van der Waals surface area contributed by atoms with E-state index in [0.717, 1.165) is 5.56 Å². The molecule has 0 unspecified atom stereocenters. The van der Waals surface area contributed by atoms with E-state index in [-0.39, 0.29) is 19.2 Å². The van der Waals surface area contributed by atoms with Gasteiger partial charge >= 0.3 is 6.03 Å². The molecule has 1 atom stereocenters. The first-order valence-electron chi connectivity index (χ1n) is 7.77. The summed E-state index contributed by atoms with van der Waals surface area (Å²) in [6.07, 6.45) is 0. The Morgan fingerprint density at radius 2 is 1.96 bits per heavy atom. The Balaban J connectivity index is 1.63. The highest BCUT2D eigenvalue weighted by Crippen LogP contribution is 2.40. The van der Waals surface area contributed by atoms with Crippen LogP contribution in [0.25, 0.3) is 0 Å². The van der Waals surface area contributed by atoms with Crippen LogP contribution < -0.4 is 14.8 Å². The second-order valence-electron chi connectivity index (χ2n) is 6.12. The third kappa shape index (κ3) is 2.49. The number of fused-ring (bicyclic) bond motifs is 1. The topological polar surface area (TPSA) is 67.9 Å². The number of nitrogens with one attached hydrogen (secondary N) is 1. The lowest BCUT2D eigenvalue weighted by molar-refractivity contribution is -0.131. The Morgan fingerprint density at radius 3 is 2.72 bits per heavy atom. The second-order valence-corrected chi connectivity index (χ2v) is 6.53. The number of hydrogen-bond acceptors (Lipinski definition) is 4. The van der Waals surface area contributed by atoms with Gasteiger partial charge in [0.05, 0.1) is 11.6 Å². The van der Waals surface area contributed by atoms with Gasteiger partial charge in [-0.3, -0.25) is 9.69 Å². The number of urea groups is 1. The smallest absolute Gasteiger partial charge is 0.325 e. The van der Waals surface area contributed by atoms with Gasteiger partial charge in [0.2, 0.25) is 6.79 Å². The van der Waals surface area contributed by atoms with E-state index in [0.29, 0.717) is 22.1 Å². The molecule has 2 aromatic rings. The largest absolute Gasteiger partial charge is 0.454 e. The first-order chi connectivity index (χ1) is 12.0. The monoisotopic (exact) mass is 358 g/mol. The highest BCUT2D eigenvalue weighted by atomic mass is 35.5. The Hall–Kier alpha value is -2.73. The number of halogens is 1. The number of carbonyl (C=O) groups is 2. The average molecular weight is 359 g/mol. The van der Waals surface area contributed by atoms with E-state index in [1.165, 1.54) is 4.90 Å². The van der Waals surface area contributed by atoms with Crippen molar-refractivity contribution in [2.24, 2.45) is 0 Å². The molecule has 1 N–H and O–H groups in total. The number of amides is 3. The SMILES string of the molecule is C[C@]1(c2ccccc2)NC(=O)N(Cc2cc(Cl)c3c(c2)OCO3)C1=O. The number of ether oxygens (including phenoxy) is 2. The molecule has 2 aliphatic heterocycles. The predicted octanol–water partition coefficient (Wildman–Crippen LogP) is 3.04. The molecule has 0 spiro atoms.